The van der Waals surface area contributed by atoms with Crippen LogP contribution in [-0.2, 0) is 9.53 Å². The number of rotatable bonds is 4. The lowest BCUT2D eigenvalue weighted by Crippen LogP contribution is -2.25. The van der Waals surface area contributed by atoms with Crippen LogP contribution in [0.1, 0.15) is 10.4 Å². The number of carbonyl (C=O) groups is 2. The van der Waals surface area contributed by atoms with E-state index in [9.17, 15) is 9.59 Å². The maximum absolute atomic E-state index is 11.3. The molecular weight excluding hydrogens is 279 g/mol. The quantitative estimate of drug-likeness (QED) is 0.829. The molecule has 5 nitrogen and oxygen atoms in total. The number of benzene rings is 1. The zero-order valence-corrected chi connectivity index (χ0v) is 11.5. The van der Waals surface area contributed by atoms with Gasteiger partial charge in [-0.25, -0.2) is 4.79 Å². The van der Waals surface area contributed by atoms with Crippen LogP contribution in [0.25, 0.3) is 0 Å². The molecule has 7 heteroatoms. The molecule has 100 valence electrons. The number of hydrogen-bond donors (Lipinski definition) is 2. The molecule has 1 aromatic rings. The summed E-state index contributed by atoms with van der Waals surface area (Å²) in [6, 6.07) is 4.59. The molecule has 1 aromatic carbocycles. The van der Waals surface area contributed by atoms with Gasteiger partial charge in [-0.1, -0.05) is 11.6 Å². The minimum Gasteiger partial charge on any atom is -0.465 e. The van der Waals surface area contributed by atoms with Crippen molar-refractivity contribution in [2.24, 2.45) is 0 Å². The van der Waals surface area contributed by atoms with E-state index in [1.807, 2.05) is 0 Å². The molecule has 1 rings (SSSR count). The highest BCUT2D eigenvalue weighted by atomic mass is 35.5. The van der Waals surface area contributed by atoms with Crippen LogP contribution in [0, 0.1) is 0 Å². The summed E-state index contributed by atoms with van der Waals surface area (Å²) in [6.45, 7) is 0.205. The van der Waals surface area contributed by atoms with Gasteiger partial charge >= 0.3 is 5.97 Å². The third-order valence-corrected chi connectivity index (χ3v) is 2.31. The first-order chi connectivity index (χ1) is 8.08. The summed E-state index contributed by atoms with van der Waals surface area (Å²) in [5.41, 5.74) is 0.795. The van der Waals surface area contributed by atoms with Crippen LogP contribution in [0.2, 0.25) is 5.02 Å². The highest BCUT2D eigenvalue weighted by Crippen LogP contribution is 2.21. The molecule has 1 amide bonds. The van der Waals surface area contributed by atoms with Crippen molar-refractivity contribution in [3.63, 3.8) is 0 Å². The van der Waals surface area contributed by atoms with E-state index in [4.69, 9.17) is 11.6 Å². The van der Waals surface area contributed by atoms with E-state index in [1.165, 1.54) is 19.2 Å². The van der Waals surface area contributed by atoms with Gasteiger partial charge in [-0.3, -0.25) is 4.79 Å². The van der Waals surface area contributed by atoms with Gasteiger partial charge in [0.05, 0.1) is 24.2 Å². The van der Waals surface area contributed by atoms with Gasteiger partial charge in [-0.15, -0.1) is 12.4 Å². The van der Waals surface area contributed by atoms with Crippen molar-refractivity contribution >= 4 is 41.6 Å². The average Bonchev–Trinajstić information content (AvgIpc) is 2.28. The van der Waals surface area contributed by atoms with Gasteiger partial charge in [0, 0.05) is 5.69 Å². The summed E-state index contributed by atoms with van der Waals surface area (Å²) < 4.78 is 4.56. The van der Waals surface area contributed by atoms with Gasteiger partial charge < -0.3 is 15.4 Å². The van der Waals surface area contributed by atoms with Gasteiger partial charge in [-0.05, 0) is 25.2 Å². The molecule has 0 aliphatic rings. The highest BCUT2D eigenvalue weighted by Gasteiger charge is 2.11. The molecule has 0 aliphatic carbocycles. The van der Waals surface area contributed by atoms with E-state index in [0.29, 0.717) is 5.69 Å². The first kappa shape index (κ1) is 16.7. The van der Waals surface area contributed by atoms with E-state index in [-0.39, 0.29) is 35.4 Å². The molecule has 0 saturated heterocycles. The molecule has 0 bridgehead atoms. The molecule has 0 heterocycles. The Morgan fingerprint density at radius 1 is 1.39 bits per heavy atom. The van der Waals surface area contributed by atoms with E-state index < -0.39 is 5.97 Å². The Labute approximate surface area is 116 Å². The first-order valence-electron chi connectivity index (χ1n) is 4.90. The van der Waals surface area contributed by atoms with Crippen molar-refractivity contribution in [2.75, 3.05) is 26.0 Å². The van der Waals surface area contributed by atoms with Crippen LogP contribution in [0.5, 0.6) is 0 Å². The van der Waals surface area contributed by atoms with Crippen LogP contribution in [0.15, 0.2) is 18.2 Å². The van der Waals surface area contributed by atoms with Gasteiger partial charge in [0.15, 0.2) is 0 Å². The monoisotopic (exact) mass is 292 g/mol. The number of anilines is 1. The Hall–Kier alpha value is -1.30. The maximum Gasteiger partial charge on any atom is 0.339 e. The lowest BCUT2D eigenvalue weighted by atomic mass is 10.2. The van der Waals surface area contributed by atoms with Gasteiger partial charge in [-0.2, -0.15) is 0 Å². The molecule has 0 aliphatic heterocycles. The Bertz CT molecular complexity index is 438. The highest BCUT2D eigenvalue weighted by molar-refractivity contribution is 6.34. The largest absolute Gasteiger partial charge is 0.465 e. The molecule has 18 heavy (non-hydrogen) atoms. The van der Waals surface area contributed by atoms with Crippen LogP contribution in [0.3, 0.4) is 0 Å². The second kappa shape index (κ2) is 7.92. The van der Waals surface area contributed by atoms with Gasteiger partial charge in [0.25, 0.3) is 0 Å². The van der Waals surface area contributed by atoms with Crippen molar-refractivity contribution in [1.82, 2.24) is 5.32 Å². The number of likely N-dealkylation sites (N-methyl/N-ethyl adjacent to an activating group) is 1. The zero-order chi connectivity index (χ0) is 12.8. The normalized spacial score (nSPS) is 9.28. The van der Waals surface area contributed by atoms with E-state index in [2.05, 4.69) is 15.4 Å². The molecule has 0 saturated carbocycles. The number of nitrogens with one attached hydrogen (secondary N) is 2. The van der Waals surface area contributed by atoms with E-state index in [0.717, 1.165) is 0 Å². The van der Waals surface area contributed by atoms with Gasteiger partial charge in [0.2, 0.25) is 5.91 Å². The number of esters is 1. The number of ether oxygens (including phenoxy) is 1. The standard InChI is InChI=1S/C11H13ClN2O3.ClH/c1-13-6-10(15)14-7-3-4-8(9(12)5-7)11(16)17-2;/h3-5,13H,6H2,1-2H3,(H,14,15);1H. The second-order valence-corrected chi connectivity index (χ2v) is 3.67. The minimum absolute atomic E-state index is 0. The third-order valence-electron chi connectivity index (χ3n) is 2.00. The van der Waals surface area contributed by atoms with Crippen LogP contribution >= 0.6 is 24.0 Å². The van der Waals surface area contributed by atoms with E-state index >= 15 is 0 Å². The smallest absolute Gasteiger partial charge is 0.339 e. The molecule has 0 fully saturated rings. The van der Waals surface area contributed by atoms with Crippen molar-refractivity contribution in [2.45, 2.75) is 0 Å². The molecule has 0 aromatic heterocycles. The average molecular weight is 293 g/mol. The summed E-state index contributed by atoms with van der Waals surface area (Å²) in [5.74, 6) is -0.697. The number of carbonyl (C=O) groups excluding carboxylic acids is 2. The summed E-state index contributed by atoms with van der Waals surface area (Å²) in [7, 11) is 2.95. The second-order valence-electron chi connectivity index (χ2n) is 3.26. The predicted molar refractivity (Wildman–Crippen MR) is 72.6 cm³/mol. The van der Waals surface area contributed by atoms with Crippen LogP contribution in [-0.4, -0.2) is 32.6 Å². The Morgan fingerprint density at radius 2 is 2.06 bits per heavy atom. The first-order valence-corrected chi connectivity index (χ1v) is 5.28. The fraction of sp³-hybridized carbons (Fsp3) is 0.273. The Balaban J connectivity index is 0.00000289. The van der Waals surface area contributed by atoms with Crippen LogP contribution in [0.4, 0.5) is 5.69 Å². The number of amides is 1. The van der Waals surface area contributed by atoms with Crippen LogP contribution < -0.4 is 10.6 Å². The summed E-state index contributed by atoms with van der Waals surface area (Å²) in [4.78, 5) is 22.6. The van der Waals surface area contributed by atoms with E-state index in [1.54, 1.807) is 13.1 Å². The van der Waals surface area contributed by atoms with Crippen molar-refractivity contribution in [1.29, 1.82) is 0 Å². The maximum atomic E-state index is 11.3. The minimum atomic E-state index is -0.511. The lowest BCUT2D eigenvalue weighted by molar-refractivity contribution is -0.115. The molecule has 0 spiro atoms. The van der Waals surface area contributed by atoms with Crippen molar-refractivity contribution in [3.8, 4) is 0 Å². The fourth-order valence-corrected chi connectivity index (χ4v) is 1.49. The zero-order valence-electron chi connectivity index (χ0n) is 9.95. The molecule has 2 N–H and O–H groups in total. The molecular formula is C11H14Cl2N2O3. The van der Waals surface area contributed by atoms with Gasteiger partial charge in [0.1, 0.15) is 0 Å². The summed E-state index contributed by atoms with van der Waals surface area (Å²) in [5, 5.41) is 5.59. The summed E-state index contributed by atoms with van der Waals surface area (Å²) >= 11 is 5.90. The fourth-order valence-electron chi connectivity index (χ4n) is 1.23. The van der Waals surface area contributed by atoms with Crippen molar-refractivity contribution in [3.05, 3.63) is 28.8 Å². The molecule has 0 unspecified atom stereocenters. The SMILES string of the molecule is CNCC(=O)Nc1ccc(C(=O)OC)c(Cl)c1.Cl. The Kier molecular flexibility index (Phi) is 7.35. The molecule has 0 radical (unpaired) electrons. The number of methoxy groups -OCH3 is 1. The number of hydrogen-bond acceptors (Lipinski definition) is 4. The Morgan fingerprint density at radius 3 is 2.56 bits per heavy atom. The topological polar surface area (TPSA) is 67.4 Å². The summed E-state index contributed by atoms with van der Waals surface area (Å²) in [6.07, 6.45) is 0. The number of halogens is 2. The van der Waals surface area contributed by atoms with Crippen molar-refractivity contribution < 1.29 is 14.3 Å². The molecule has 0 atom stereocenters. The lowest BCUT2D eigenvalue weighted by Gasteiger charge is -2.07. The predicted octanol–water partition coefficient (Wildman–Crippen LogP) is 1.71. The third kappa shape index (κ3) is 4.52.